The first kappa shape index (κ1) is 31.9. The second-order valence-electron chi connectivity index (χ2n) is 13.9. The van der Waals surface area contributed by atoms with Crippen LogP contribution in [0, 0.1) is 0 Å². The molecule has 5 heteroatoms. The second-order valence-corrected chi connectivity index (χ2v) is 13.9. The third-order valence-corrected chi connectivity index (χ3v) is 10.4. The summed E-state index contributed by atoms with van der Waals surface area (Å²) in [6, 6.07) is 57.4. The number of rotatable bonds is 8. The van der Waals surface area contributed by atoms with Gasteiger partial charge in [0.2, 0.25) is 0 Å². The fourth-order valence-corrected chi connectivity index (χ4v) is 7.80. The number of fused-ring (bicyclic) bond motifs is 6. The molecule has 0 spiro atoms. The summed E-state index contributed by atoms with van der Waals surface area (Å²) in [6.07, 6.45) is 3.29. The molecule has 258 valence electrons. The number of hydrogen-bond donors (Lipinski definition) is 0. The molecule has 0 saturated heterocycles. The lowest BCUT2D eigenvalue weighted by atomic mass is 9.94. The van der Waals surface area contributed by atoms with E-state index in [1.807, 2.05) is 66.7 Å². The van der Waals surface area contributed by atoms with Crippen molar-refractivity contribution in [3.8, 4) is 51.0 Å². The van der Waals surface area contributed by atoms with Crippen LogP contribution in [0.15, 0.2) is 168 Å². The molecule has 0 unspecified atom stereocenters. The van der Waals surface area contributed by atoms with Gasteiger partial charge in [0, 0.05) is 43.9 Å². The van der Waals surface area contributed by atoms with Crippen LogP contribution in [0.2, 0.25) is 0 Å². The summed E-state index contributed by atoms with van der Waals surface area (Å²) < 4.78 is 8.85. The van der Waals surface area contributed by atoms with E-state index in [2.05, 4.69) is 109 Å². The number of hydrogen-bond acceptors (Lipinski definition) is 4. The van der Waals surface area contributed by atoms with Crippen molar-refractivity contribution in [3.05, 3.63) is 169 Å². The molecular weight excluding hydrogens is 661 g/mol. The van der Waals surface area contributed by atoms with Crippen LogP contribution in [-0.4, -0.2) is 19.5 Å². The number of furan rings is 1. The Labute approximate surface area is 313 Å². The van der Waals surface area contributed by atoms with Crippen LogP contribution in [0.5, 0.6) is 0 Å². The maximum absolute atomic E-state index is 6.47. The summed E-state index contributed by atoms with van der Waals surface area (Å²) in [7, 11) is 0. The predicted molar refractivity (Wildman–Crippen MR) is 222 cm³/mol. The van der Waals surface area contributed by atoms with Crippen LogP contribution in [0.1, 0.15) is 25.3 Å². The Hall–Kier alpha value is -6.85. The molecule has 0 amide bonds. The van der Waals surface area contributed by atoms with E-state index >= 15 is 0 Å². The molecule has 0 atom stereocenters. The number of benzene rings is 7. The number of nitrogens with zero attached hydrogens (tertiary/aromatic N) is 4. The topological polar surface area (TPSA) is 56.7 Å². The molecule has 7 aromatic carbocycles. The molecule has 0 aliphatic carbocycles. The van der Waals surface area contributed by atoms with E-state index in [4.69, 9.17) is 19.4 Å². The number of unbranched alkanes of at least 4 members (excludes halogenated alkanes) is 1. The predicted octanol–water partition coefficient (Wildman–Crippen LogP) is 12.9. The molecule has 5 nitrogen and oxygen atoms in total. The monoisotopic (exact) mass is 696 g/mol. The van der Waals surface area contributed by atoms with Crippen LogP contribution in [-0.2, 0) is 6.42 Å². The van der Waals surface area contributed by atoms with Crippen molar-refractivity contribution in [2.45, 2.75) is 26.2 Å². The molecule has 0 aliphatic heterocycles. The largest absolute Gasteiger partial charge is 0.456 e. The Kier molecular flexibility index (Phi) is 7.84. The van der Waals surface area contributed by atoms with Gasteiger partial charge >= 0.3 is 0 Å². The van der Waals surface area contributed by atoms with Gasteiger partial charge in [0.1, 0.15) is 11.2 Å². The lowest BCUT2D eigenvalue weighted by molar-refractivity contribution is 0.667. The summed E-state index contributed by atoms with van der Waals surface area (Å²) in [5, 5.41) is 4.71. The average Bonchev–Trinajstić information content (AvgIpc) is 3.78. The second kappa shape index (κ2) is 13.3. The Morgan fingerprint density at radius 3 is 1.85 bits per heavy atom. The zero-order valence-corrected chi connectivity index (χ0v) is 29.9. The first-order valence-electron chi connectivity index (χ1n) is 18.7. The van der Waals surface area contributed by atoms with Gasteiger partial charge in [-0.3, -0.25) is 0 Å². The van der Waals surface area contributed by atoms with E-state index < -0.39 is 0 Å². The summed E-state index contributed by atoms with van der Waals surface area (Å²) in [5.74, 6) is 1.92. The SMILES string of the molecule is CCCCc1cc(-c2ccc3c4ccccc4n(-c4cccc(-c5nc(-c6ccccc6)nc(-c6ccccc6)n5)c4)c3c2)c2c(c1)oc1ccccc12. The van der Waals surface area contributed by atoms with Crippen molar-refractivity contribution in [1.82, 2.24) is 19.5 Å². The highest BCUT2D eigenvalue weighted by Crippen LogP contribution is 2.41. The summed E-state index contributed by atoms with van der Waals surface area (Å²) in [5.41, 5.74) is 11.6. The van der Waals surface area contributed by atoms with Gasteiger partial charge in [-0.15, -0.1) is 0 Å². The smallest absolute Gasteiger partial charge is 0.164 e. The van der Waals surface area contributed by atoms with Crippen molar-refractivity contribution in [2.24, 2.45) is 0 Å². The molecule has 10 rings (SSSR count). The van der Waals surface area contributed by atoms with Crippen LogP contribution >= 0.6 is 0 Å². The van der Waals surface area contributed by atoms with E-state index in [0.717, 1.165) is 80.2 Å². The summed E-state index contributed by atoms with van der Waals surface area (Å²) in [6.45, 7) is 2.24. The molecule has 54 heavy (non-hydrogen) atoms. The minimum Gasteiger partial charge on any atom is -0.456 e. The Balaban J connectivity index is 1.17. The molecule has 0 radical (unpaired) electrons. The minimum absolute atomic E-state index is 0.629. The third-order valence-electron chi connectivity index (χ3n) is 10.4. The fraction of sp³-hybridized carbons (Fsp3) is 0.0816. The fourth-order valence-electron chi connectivity index (χ4n) is 7.80. The molecule has 3 heterocycles. The van der Waals surface area contributed by atoms with Crippen molar-refractivity contribution in [1.29, 1.82) is 0 Å². The number of aryl methyl sites for hydroxylation is 1. The lowest BCUT2D eigenvalue weighted by Gasteiger charge is -2.13. The first-order valence-corrected chi connectivity index (χ1v) is 18.7. The highest BCUT2D eigenvalue weighted by atomic mass is 16.3. The highest BCUT2D eigenvalue weighted by Gasteiger charge is 2.19. The molecule has 0 saturated carbocycles. The van der Waals surface area contributed by atoms with Crippen molar-refractivity contribution in [3.63, 3.8) is 0 Å². The molecule has 0 N–H and O–H groups in total. The van der Waals surface area contributed by atoms with E-state index in [1.54, 1.807) is 0 Å². The molecule has 0 aliphatic rings. The van der Waals surface area contributed by atoms with E-state index in [0.29, 0.717) is 17.5 Å². The van der Waals surface area contributed by atoms with Gasteiger partial charge in [0.05, 0.1) is 11.0 Å². The number of aromatic nitrogens is 4. The summed E-state index contributed by atoms with van der Waals surface area (Å²) in [4.78, 5) is 15.0. The summed E-state index contributed by atoms with van der Waals surface area (Å²) >= 11 is 0. The maximum Gasteiger partial charge on any atom is 0.164 e. The Morgan fingerprint density at radius 2 is 1.11 bits per heavy atom. The maximum atomic E-state index is 6.47. The van der Waals surface area contributed by atoms with Gasteiger partial charge in [0.15, 0.2) is 17.5 Å². The minimum atomic E-state index is 0.629. The molecule has 0 bridgehead atoms. The van der Waals surface area contributed by atoms with Crippen molar-refractivity contribution >= 4 is 43.7 Å². The van der Waals surface area contributed by atoms with Gasteiger partial charge in [0.25, 0.3) is 0 Å². The molecule has 3 aromatic heterocycles. The van der Waals surface area contributed by atoms with Crippen LogP contribution in [0.25, 0.3) is 94.7 Å². The number of para-hydroxylation sites is 2. The first-order chi connectivity index (χ1) is 26.7. The van der Waals surface area contributed by atoms with Gasteiger partial charge in [-0.05, 0) is 65.9 Å². The average molecular weight is 697 g/mol. The normalized spacial score (nSPS) is 11.6. The Bertz CT molecular complexity index is 2920. The van der Waals surface area contributed by atoms with E-state index in [9.17, 15) is 0 Å². The van der Waals surface area contributed by atoms with Gasteiger partial charge in [-0.25, -0.2) is 15.0 Å². The zero-order chi connectivity index (χ0) is 36.0. The molecule has 0 fully saturated rings. The van der Waals surface area contributed by atoms with Crippen LogP contribution < -0.4 is 0 Å². The lowest BCUT2D eigenvalue weighted by Crippen LogP contribution is -2.01. The highest BCUT2D eigenvalue weighted by molar-refractivity contribution is 6.15. The van der Waals surface area contributed by atoms with E-state index in [-0.39, 0.29) is 0 Å². The quantitative estimate of drug-likeness (QED) is 0.159. The van der Waals surface area contributed by atoms with Gasteiger partial charge < -0.3 is 8.98 Å². The standard InChI is InChI=1S/C49H36N4O/c1-2-3-15-32-28-41(46-40-23-11-13-25-44(40)54-45(46)29-32)35-26-27-39-38-22-10-12-24-42(38)53(43(39)31-35)37-21-14-20-36(30-37)49-51-47(33-16-6-4-7-17-33)50-48(52-49)34-18-8-5-9-19-34/h4-14,16-31H,2-3,15H2,1H3. The third kappa shape index (κ3) is 5.53. The zero-order valence-electron chi connectivity index (χ0n) is 29.9. The van der Waals surface area contributed by atoms with Crippen LogP contribution in [0.4, 0.5) is 0 Å². The molecular formula is C49H36N4O. The van der Waals surface area contributed by atoms with Crippen molar-refractivity contribution in [2.75, 3.05) is 0 Å². The Morgan fingerprint density at radius 1 is 0.481 bits per heavy atom. The van der Waals surface area contributed by atoms with Crippen molar-refractivity contribution < 1.29 is 4.42 Å². The van der Waals surface area contributed by atoms with Crippen LogP contribution in [0.3, 0.4) is 0 Å². The van der Waals surface area contributed by atoms with Gasteiger partial charge in [-0.2, -0.15) is 0 Å². The molecule has 10 aromatic rings. The van der Waals surface area contributed by atoms with E-state index in [1.165, 1.54) is 21.9 Å². The van der Waals surface area contributed by atoms with Gasteiger partial charge in [-0.1, -0.05) is 141 Å².